The average Bonchev–Trinajstić information content (AvgIpc) is 2.64. The highest BCUT2D eigenvalue weighted by Gasteiger charge is 2.42. The fourth-order valence-corrected chi connectivity index (χ4v) is 2.83. The van der Waals surface area contributed by atoms with E-state index in [-0.39, 0.29) is 0 Å². The van der Waals surface area contributed by atoms with Crippen molar-refractivity contribution >= 4 is 5.90 Å². The molecule has 12 heavy (non-hydrogen) atoms. The molecule has 2 rings (SSSR count). The zero-order valence-electron chi connectivity index (χ0n) is 7.68. The van der Waals surface area contributed by atoms with Gasteiger partial charge in [0.1, 0.15) is 0 Å². The molecule has 2 heteroatoms. The van der Waals surface area contributed by atoms with E-state index in [9.17, 15) is 0 Å². The third kappa shape index (κ3) is 1.23. The quantitative estimate of drug-likeness (QED) is 0.497. The topological polar surface area (TPSA) is 33.1 Å². The molecule has 0 amide bonds. The first kappa shape index (κ1) is 8.09. The normalized spacial score (nSPS) is 38.6. The van der Waals surface area contributed by atoms with Gasteiger partial charge in [0, 0.05) is 5.92 Å². The van der Waals surface area contributed by atoms with Crippen LogP contribution in [0.25, 0.3) is 0 Å². The Balaban J connectivity index is 1.93. The van der Waals surface area contributed by atoms with E-state index in [4.69, 9.17) is 10.1 Å². The van der Waals surface area contributed by atoms with E-state index in [1.54, 1.807) is 0 Å². The molecule has 2 fully saturated rings. The number of nitrogens with one attached hydrogen (secondary N) is 1. The molecule has 68 valence electrons. The monoisotopic (exact) mass is 167 g/mol. The minimum absolute atomic E-state index is 0.476. The number of hydrogen-bond acceptors (Lipinski definition) is 2. The summed E-state index contributed by atoms with van der Waals surface area (Å²) in [6.45, 7) is 2.62. The first-order valence-corrected chi connectivity index (χ1v) is 5.02. The molecule has 0 aromatic rings. The standard InChI is InChI=1S/C10H17NO/c1-2-12-10(11)9-6-7-3-4-8(9)5-7/h7-9,11H,2-6H2,1H3. The van der Waals surface area contributed by atoms with E-state index >= 15 is 0 Å². The highest BCUT2D eigenvalue weighted by atomic mass is 16.5. The Morgan fingerprint density at radius 3 is 2.75 bits per heavy atom. The van der Waals surface area contributed by atoms with Crippen molar-refractivity contribution in [2.24, 2.45) is 17.8 Å². The Kier molecular flexibility index (Phi) is 2.07. The van der Waals surface area contributed by atoms with Crippen LogP contribution in [0, 0.1) is 23.2 Å². The van der Waals surface area contributed by atoms with Crippen molar-refractivity contribution in [3.8, 4) is 0 Å². The van der Waals surface area contributed by atoms with Crippen LogP contribution in [0.15, 0.2) is 0 Å². The number of hydrogen-bond donors (Lipinski definition) is 1. The van der Waals surface area contributed by atoms with Crippen LogP contribution in [0.4, 0.5) is 0 Å². The summed E-state index contributed by atoms with van der Waals surface area (Å²) in [6.07, 6.45) is 5.33. The molecule has 2 bridgehead atoms. The van der Waals surface area contributed by atoms with Crippen molar-refractivity contribution in [1.82, 2.24) is 0 Å². The average molecular weight is 167 g/mol. The predicted octanol–water partition coefficient (Wildman–Crippen LogP) is 2.44. The largest absolute Gasteiger partial charge is 0.481 e. The molecule has 0 aliphatic heterocycles. The van der Waals surface area contributed by atoms with Crippen LogP contribution in [0.1, 0.15) is 32.6 Å². The van der Waals surface area contributed by atoms with Gasteiger partial charge >= 0.3 is 0 Å². The second-order valence-electron chi connectivity index (χ2n) is 4.08. The molecule has 2 saturated carbocycles. The van der Waals surface area contributed by atoms with Gasteiger partial charge in [-0.3, -0.25) is 5.41 Å². The molecular formula is C10H17NO. The maximum absolute atomic E-state index is 7.72. The van der Waals surface area contributed by atoms with Crippen LogP contribution in [-0.4, -0.2) is 12.5 Å². The Morgan fingerprint density at radius 1 is 1.42 bits per heavy atom. The Bertz CT molecular complexity index is 190. The molecule has 2 aliphatic carbocycles. The summed E-state index contributed by atoms with van der Waals surface area (Å²) in [5, 5.41) is 7.72. The van der Waals surface area contributed by atoms with Gasteiger partial charge in [-0.15, -0.1) is 0 Å². The Hall–Kier alpha value is -0.530. The molecule has 2 aliphatic rings. The van der Waals surface area contributed by atoms with E-state index in [1.165, 1.54) is 25.7 Å². The molecule has 0 heterocycles. The van der Waals surface area contributed by atoms with Gasteiger partial charge in [0.15, 0.2) is 5.90 Å². The summed E-state index contributed by atoms with van der Waals surface area (Å²) in [5.74, 6) is 2.74. The van der Waals surface area contributed by atoms with Crippen LogP contribution in [0.3, 0.4) is 0 Å². The second-order valence-corrected chi connectivity index (χ2v) is 4.08. The summed E-state index contributed by atoms with van der Waals surface area (Å²) < 4.78 is 5.26. The molecule has 0 spiro atoms. The van der Waals surface area contributed by atoms with Gasteiger partial charge in [-0.25, -0.2) is 0 Å². The first-order chi connectivity index (χ1) is 5.81. The number of ether oxygens (including phenoxy) is 1. The number of rotatable bonds is 2. The summed E-state index contributed by atoms with van der Waals surface area (Å²) in [4.78, 5) is 0. The highest BCUT2D eigenvalue weighted by Crippen LogP contribution is 2.48. The fraction of sp³-hybridized carbons (Fsp3) is 0.900. The third-order valence-electron chi connectivity index (χ3n) is 3.37. The third-order valence-corrected chi connectivity index (χ3v) is 3.37. The highest BCUT2D eigenvalue weighted by molar-refractivity contribution is 5.76. The SMILES string of the molecule is CCOC(=N)C1CC2CCC1C2. The maximum Gasteiger partial charge on any atom is 0.183 e. The number of fused-ring (bicyclic) bond motifs is 2. The van der Waals surface area contributed by atoms with E-state index < -0.39 is 0 Å². The zero-order chi connectivity index (χ0) is 8.55. The van der Waals surface area contributed by atoms with Gasteiger partial charge in [0.05, 0.1) is 6.61 Å². The molecule has 0 aromatic carbocycles. The van der Waals surface area contributed by atoms with Crippen LogP contribution in [-0.2, 0) is 4.74 Å². The summed E-state index contributed by atoms with van der Waals surface area (Å²) in [5.41, 5.74) is 0. The van der Waals surface area contributed by atoms with Crippen LogP contribution >= 0.6 is 0 Å². The minimum Gasteiger partial charge on any atom is -0.481 e. The lowest BCUT2D eigenvalue weighted by Crippen LogP contribution is -2.22. The van der Waals surface area contributed by atoms with Gasteiger partial charge in [0.2, 0.25) is 0 Å². The van der Waals surface area contributed by atoms with Gasteiger partial charge in [0.25, 0.3) is 0 Å². The molecule has 1 N–H and O–H groups in total. The lowest BCUT2D eigenvalue weighted by molar-refractivity contribution is 0.268. The summed E-state index contributed by atoms with van der Waals surface area (Å²) in [6, 6.07) is 0. The maximum atomic E-state index is 7.72. The van der Waals surface area contributed by atoms with Crippen molar-refractivity contribution in [1.29, 1.82) is 5.41 Å². The van der Waals surface area contributed by atoms with Crippen LogP contribution < -0.4 is 0 Å². The van der Waals surface area contributed by atoms with Crippen LogP contribution in [0.2, 0.25) is 0 Å². The van der Waals surface area contributed by atoms with Crippen molar-refractivity contribution < 1.29 is 4.74 Å². The zero-order valence-corrected chi connectivity index (χ0v) is 7.68. The molecular weight excluding hydrogens is 150 g/mol. The van der Waals surface area contributed by atoms with E-state index in [0.717, 1.165) is 11.8 Å². The van der Waals surface area contributed by atoms with Gasteiger partial charge in [-0.05, 0) is 38.0 Å². The van der Waals surface area contributed by atoms with E-state index in [1.807, 2.05) is 6.92 Å². The lowest BCUT2D eigenvalue weighted by Gasteiger charge is -2.21. The molecule has 0 aromatic heterocycles. The van der Waals surface area contributed by atoms with Gasteiger partial charge in [-0.2, -0.15) is 0 Å². The van der Waals surface area contributed by atoms with Gasteiger partial charge < -0.3 is 4.74 Å². The Morgan fingerprint density at radius 2 is 2.25 bits per heavy atom. The molecule has 0 saturated heterocycles. The first-order valence-electron chi connectivity index (χ1n) is 5.02. The van der Waals surface area contributed by atoms with Crippen molar-refractivity contribution in [2.45, 2.75) is 32.6 Å². The van der Waals surface area contributed by atoms with Crippen LogP contribution in [0.5, 0.6) is 0 Å². The summed E-state index contributed by atoms with van der Waals surface area (Å²) >= 11 is 0. The van der Waals surface area contributed by atoms with Crippen molar-refractivity contribution in [3.63, 3.8) is 0 Å². The Labute approximate surface area is 73.8 Å². The van der Waals surface area contributed by atoms with E-state index in [2.05, 4.69) is 0 Å². The minimum atomic E-state index is 0.476. The molecule has 3 unspecified atom stereocenters. The molecule has 0 radical (unpaired) electrons. The van der Waals surface area contributed by atoms with Crippen molar-refractivity contribution in [2.75, 3.05) is 6.61 Å². The predicted molar refractivity (Wildman–Crippen MR) is 48.3 cm³/mol. The van der Waals surface area contributed by atoms with Gasteiger partial charge in [-0.1, -0.05) is 6.42 Å². The summed E-state index contributed by atoms with van der Waals surface area (Å²) in [7, 11) is 0. The second kappa shape index (κ2) is 3.08. The van der Waals surface area contributed by atoms with E-state index in [0.29, 0.717) is 18.4 Å². The fourth-order valence-electron chi connectivity index (χ4n) is 2.83. The lowest BCUT2D eigenvalue weighted by atomic mass is 9.89. The smallest absolute Gasteiger partial charge is 0.183 e. The molecule has 2 nitrogen and oxygen atoms in total. The van der Waals surface area contributed by atoms with Crippen molar-refractivity contribution in [3.05, 3.63) is 0 Å². The molecule has 3 atom stereocenters.